The second-order valence-electron chi connectivity index (χ2n) is 6.03. The van der Waals surface area contributed by atoms with Gasteiger partial charge >= 0.3 is 5.91 Å². The lowest BCUT2D eigenvalue weighted by Gasteiger charge is -2.09. The molecule has 0 radical (unpaired) electrons. The molecule has 0 fully saturated rings. The Hall–Kier alpha value is -3.45. The van der Waals surface area contributed by atoms with Crippen LogP contribution in [0.4, 0.5) is 0 Å². The molecule has 3 aromatic rings. The number of ether oxygens (including phenoxy) is 3. The van der Waals surface area contributed by atoms with E-state index in [-0.39, 0.29) is 12.4 Å². The van der Waals surface area contributed by atoms with Crippen molar-refractivity contribution in [3.05, 3.63) is 76.7 Å². The van der Waals surface area contributed by atoms with Crippen LogP contribution in [0, 0.1) is 0 Å². The van der Waals surface area contributed by atoms with Gasteiger partial charge in [0, 0.05) is 0 Å². The van der Waals surface area contributed by atoms with Crippen molar-refractivity contribution in [1.82, 2.24) is 5.43 Å². The van der Waals surface area contributed by atoms with Gasteiger partial charge in [0.2, 0.25) is 0 Å². The first-order chi connectivity index (χ1) is 14.6. The first-order valence-corrected chi connectivity index (χ1v) is 9.58. The standard InChI is InChI=1S/C22H21ClN2O5/c1-3-28-19-10-8-15(12-21(19)27-2)13-24-25-22(26)20-11-9-16(30-20)14-29-18-7-5-4-6-17(18)23/h4-13H,3,14H2,1-2H3,(H,25,26). The molecule has 3 rings (SSSR count). The van der Waals surface area contributed by atoms with Gasteiger partial charge in [-0.2, -0.15) is 5.10 Å². The van der Waals surface area contributed by atoms with E-state index in [4.69, 9.17) is 30.2 Å². The van der Waals surface area contributed by atoms with Gasteiger partial charge in [-0.15, -0.1) is 0 Å². The summed E-state index contributed by atoms with van der Waals surface area (Å²) in [7, 11) is 1.56. The maximum absolute atomic E-state index is 12.2. The number of hydrazone groups is 1. The minimum absolute atomic E-state index is 0.120. The number of hydrogen-bond donors (Lipinski definition) is 1. The number of rotatable bonds is 9. The smallest absolute Gasteiger partial charge is 0.307 e. The van der Waals surface area contributed by atoms with Gasteiger partial charge in [0.15, 0.2) is 17.3 Å². The molecule has 30 heavy (non-hydrogen) atoms. The Bertz CT molecular complexity index is 1030. The van der Waals surface area contributed by atoms with E-state index in [2.05, 4.69) is 10.5 Å². The van der Waals surface area contributed by atoms with Crippen LogP contribution in [0.3, 0.4) is 0 Å². The SMILES string of the molecule is CCOc1ccc(C=NNC(=O)c2ccc(COc3ccccc3Cl)o2)cc1OC. The Kier molecular flexibility index (Phi) is 7.34. The Labute approximate surface area is 179 Å². The van der Waals surface area contributed by atoms with Gasteiger partial charge in [0.25, 0.3) is 0 Å². The number of hydrogen-bond acceptors (Lipinski definition) is 6. The van der Waals surface area contributed by atoms with E-state index >= 15 is 0 Å². The van der Waals surface area contributed by atoms with Crippen LogP contribution in [-0.4, -0.2) is 25.8 Å². The largest absolute Gasteiger partial charge is 0.493 e. The molecule has 0 saturated carbocycles. The molecule has 0 aliphatic carbocycles. The topological polar surface area (TPSA) is 82.3 Å². The predicted octanol–water partition coefficient (Wildman–Crippen LogP) is 4.68. The lowest BCUT2D eigenvalue weighted by Crippen LogP contribution is -2.16. The van der Waals surface area contributed by atoms with E-state index < -0.39 is 5.91 Å². The van der Waals surface area contributed by atoms with Crippen molar-refractivity contribution in [2.45, 2.75) is 13.5 Å². The molecule has 0 atom stereocenters. The number of nitrogens with one attached hydrogen (secondary N) is 1. The molecule has 7 nitrogen and oxygen atoms in total. The minimum atomic E-state index is -0.479. The average Bonchev–Trinajstić information content (AvgIpc) is 3.23. The highest BCUT2D eigenvalue weighted by molar-refractivity contribution is 6.32. The normalized spacial score (nSPS) is 10.8. The van der Waals surface area contributed by atoms with Crippen LogP contribution in [0.2, 0.25) is 5.02 Å². The maximum atomic E-state index is 12.2. The number of nitrogens with zero attached hydrogens (tertiary/aromatic N) is 1. The van der Waals surface area contributed by atoms with E-state index in [0.717, 1.165) is 5.56 Å². The van der Waals surface area contributed by atoms with Crippen molar-refractivity contribution in [2.24, 2.45) is 5.10 Å². The molecular weight excluding hydrogens is 408 g/mol. The average molecular weight is 429 g/mol. The fourth-order valence-corrected chi connectivity index (χ4v) is 2.74. The second-order valence-corrected chi connectivity index (χ2v) is 6.43. The molecule has 2 aromatic carbocycles. The van der Waals surface area contributed by atoms with Crippen LogP contribution in [-0.2, 0) is 6.61 Å². The summed E-state index contributed by atoms with van der Waals surface area (Å²) in [6.45, 7) is 2.58. The summed E-state index contributed by atoms with van der Waals surface area (Å²) in [5.41, 5.74) is 3.16. The van der Waals surface area contributed by atoms with E-state index in [1.165, 1.54) is 6.21 Å². The number of amides is 1. The summed E-state index contributed by atoms with van der Waals surface area (Å²) in [6.07, 6.45) is 1.50. The summed E-state index contributed by atoms with van der Waals surface area (Å²) < 4.78 is 21.9. The number of benzene rings is 2. The highest BCUT2D eigenvalue weighted by atomic mass is 35.5. The van der Waals surface area contributed by atoms with Crippen molar-refractivity contribution in [2.75, 3.05) is 13.7 Å². The number of carbonyl (C=O) groups is 1. The molecule has 0 saturated heterocycles. The van der Waals surface area contributed by atoms with Crippen LogP contribution >= 0.6 is 11.6 Å². The Balaban J connectivity index is 1.56. The molecule has 0 unspecified atom stereocenters. The molecule has 0 aliphatic rings. The summed E-state index contributed by atoms with van der Waals surface area (Å²) in [5, 5.41) is 4.46. The fraction of sp³-hybridized carbons (Fsp3) is 0.182. The van der Waals surface area contributed by atoms with Crippen molar-refractivity contribution < 1.29 is 23.4 Å². The number of carbonyl (C=O) groups excluding carboxylic acids is 1. The number of furan rings is 1. The van der Waals surface area contributed by atoms with E-state index in [1.54, 1.807) is 49.6 Å². The summed E-state index contributed by atoms with van der Waals surface area (Å²) in [4.78, 5) is 12.2. The Morgan fingerprint density at radius 3 is 2.70 bits per heavy atom. The molecule has 156 valence electrons. The lowest BCUT2D eigenvalue weighted by molar-refractivity contribution is 0.0923. The van der Waals surface area contributed by atoms with Crippen LogP contribution in [0.5, 0.6) is 17.2 Å². The van der Waals surface area contributed by atoms with Crippen molar-refractivity contribution in [1.29, 1.82) is 0 Å². The van der Waals surface area contributed by atoms with Gasteiger partial charge in [0.05, 0.1) is 25.0 Å². The number of para-hydroxylation sites is 1. The van der Waals surface area contributed by atoms with Gasteiger partial charge in [-0.1, -0.05) is 23.7 Å². The summed E-state index contributed by atoms with van der Waals surface area (Å²) >= 11 is 6.05. The van der Waals surface area contributed by atoms with E-state index in [9.17, 15) is 4.79 Å². The van der Waals surface area contributed by atoms with Crippen molar-refractivity contribution in [3.63, 3.8) is 0 Å². The van der Waals surface area contributed by atoms with E-state index in [0.29, 0.717) is 34.6 Å². The van der Waals surface area contributed by atoms with Crippen LogP contribution < -0.4 is 19.6 Å². The minimum Gasteiger partial charge on any atom is -0.493 e. The number of halogens is 1. The van der Waals surface area contributed by atoms with Crippen LogP contribution in [0.1, 0.15) is 28.8 Å². The molecule has 0 bridgehead atoms. The van der Waals surface area contributed by atoms with Gasteiger partial charge in [-0.3, -0.25) is 4.79 Å². The zero-order valence-electron chi connectivity index (χ0n) is 16.6. The van der Waals surface area contributed by atoms with Gasteiger partial charge in [-0.25, -0.2) is 5.43 Å². The van der Waals surface area contributed by atoms with Crippen LogP contribution in [0.25, 0.3) is 0 Å². The fourth-order valence-electron chi connectivity index (χ4n) is 2.55. The molecule has 1 amide bonds. The quantitative estimate of drug-likeness (QED) is 0.395. The number of methoxy groups -OCH3 is 1. The summed E-state index contributed by atoms with van der Waals surface area (Å²) in [5.74, 6) is 1.89. The van der Waals surface area contributed by atoms with Gasteiger partial charge in [0.1, 0.15) is 18.1 Å². The Morgan fingerprint density at radius 1 is 1.10 bits per heavy atom. The lowest BCUT2D eigenvalue weighted by atomic mass is 10.2. The van der Waals surface area contributed by atoms with Crippen molar-refractivity contribution >= 4 is 23.7 Å². The molecule has 8 heteroatoms. The molecule has 0 spiro atoms. The first kappa shape index (κ1) is 21.3. The highest BCUT2D eigenvalue weighted by Gasteiger charge is 2.11. The third-order valence-corrected chi connectivity index (χ3v) is 4.27. The van der Waals surface area contributed by atoms with Gasteiger partial charge < -0.3 is 18.6 Å². The Morgan fingerprint density at radius 2 is 1.93 bits per heavy atom. The molecular formula is C22H21ClN2O5. The maximum Gasteiger partial charge on any atom is 0.307 e. The molecule has 1 aromatic heterocycles. The monoisotopic (exact) mass is 428 g/mol. The molecule has 1 N–H and O–H groups in total. The molecule has 0 aliphatic heterocycles. The third-order valence-electron chi connectivity index (χ3n) is 3.96. The molecule has 1 heterocycles. The van der Waals surface area contributed by atoms with Crippen LogP contribution in [0.15, 0.2) is 64.1 Å². The highest BCUT2D eigenvalue weighted by Crippen LogP contribution is 2.27. The first-order valence-electron chi connectivity index (χ1n) is 9.21. The van der Waals surface area contributed by atoms with E-state index in [1.807, 2.05) is 19.1 Å². The zero-order chi connectivity index (χ0) is 21.3. The third kappa shape index (κ3) is 5.55. The van der Waals surface area contributed by atoms with Crippen molar-refractivity contribution in [3.8, 4) is 17.2 Å². The predicted molar refractivity (Wildman–Crippen MR) is 114 cm³/mol. The zero-order valence-corrected chi connectivity index (χ0v) is 17.3. The van der Waals surface area contributed by atoms with Gasteiger partial charge in [-0.05, 0) is 55.0 Å². The summed E-state index contributed by atoms with van der Waals surface area (Å²) in [6, 6.07) is 15.7. The second kappa shape index (κ2) is 10.4.